The molecule has 40 heavy (non-hydrogen) atoms. The van der Waals surface area contributed by atoms with Gasteiger partial charge in [0.25, 0.3) is 5.91 Å². The molecule has 0 fully saturated rings. The maximum atomic E-state index is 12.4. The first-order valence-electron chi connectivity index (χ1n) is 12.8. The van der Waals surface area contributed by atoms with E-state index in [9.17, 15) is 4.79 Å². The minimum Gasteiger partial charge on any atom is -0.496 e. The van der Waals surface area contributed by atoms with Crippen molar-refractivity contribution in [1.82, 2.24) is 0 Å². The van der Waals surface area contributed by atoms with Crippen molar-refractivity contribution < 1.29 is 14.3 Å². The van der Waals surface area contributed by atoms with Gasteiger partial charge in [0, 0.05) is 32.4 Å². The maximum Gasteiger partial charge on any atom is 0.256 e. The number of benzene rings is 5. The van der Waals surface area contributed by atoms with Gasteiger partial charge in [-0.1, -0.05) is 101 Å². The van der Waals surface area contributed by atoms with Crippen molar-refractivity contribution in [2.75, 3.05) is 19.5 Å². The molecule has 0 saturated heterocycles. The molecule has 0 bridgehead atoms. The van der Waals surface area contributed by atoms with Gasteiger partial charge in [0.15, 0.2) is 0 Å². The third-order valence-electron chi connectivity index (χ3n) is 6.58. The molecule has 6 rings (SSSR count). The van der Waals surface area contributed by atoms with Crippen LogP contribution < -0.4 is 14.8 Å². The van der Waals surface area contributed by atoms with Gasteiger partial charge in [0.05, 0.1) is 14.2 Å². The van der Waals surface area contributed by atoms with E-state index in [0.29, 0.717) is 5.57 Å². The highest BCUT2D eigenvalue weighted by Gasteiger charge is 2.24. The van der Waals surface area contributed by atoms with Gasteiger partial charge in [-0.15, -0.1) is 0 Å². The van der Waals surface area contributed by atoms with E-state index < -0.39 is 0 Å². The lowest BCUT2D eigenvalue weighted by molar-refractivity contribution is -0.110. The summed E-state index contributed by atoms with van der Waals surface area (Å²) in [5.41, 5.74) is 7.73. The number of ether oxygens (including phenoxy) is 2. The summed E-state index contributed by atoms with van der Waals surface area (Å²) in [4.78, 5) is 12.4. The molecule has 5 heteroatoms. The number of para-hydroxylation sites is 1. The van der Waals surface area contributed by atoms with Crippen LogP contribution in [0.25, 0.3) is 33.9 Å². The van der Waals surface area contributed by atoms with Crippen LogP contribution in [0.5, 0.6) is 11.5 Å². The summed E-state index contributed by atoms with van der Waals surface area (Å²) in [7, 11) is 3.36. The highest BCUT2D eigenvalue weighted by Crippen LogP contribution is 2.37. The Morgan fingerprint density at radius 1 is 0.625 bits per heavy atom. The molecular weight excluding hydrogens is 562 g/mol. The zero-order valence-electron chi connectivity index (χ0n) is 22.2. The van der Waals surface area contributed by atoms with Gasteiger partial charge in [-0.2, -0.15) is 0 Å². The van der Waals surface area contributed by atoms with Crippen LogP contribution in [0.2, 0.25) is 0 Å². The Hall–Kier alpha value is -4.61. The second-order valence-electron chi connectivity index (χ2n) is 9.09. The van der Waals surface area contributed by atoms with E-state index in [0.717, 1.165) is 49.5 Å². The molecule has 1 amide bonds. The minimum atomic E-state index is -0.0878. The van der Waals surface area contributed by atoms with Gasteiger partial charge >= 0.3 is 0 Å². The fourth-order valence-corrected chi connectivity index (χ4v) is 4.99. The quantitative estimate of drug-likeness (QED) is 0.208. The fraction of sp³-hybridized carbons (Fsp3) is 0.0571. The van der Waals surface area contributed by atoms with Gasteiger partial charge in [0.1, 0.15) is 11.5 Å². The summed E-state index contributed by atoms with van der Waals surface area (Å²) in [6.45, 7) is 0. The van der Waals surface area contributed by atoms with E-state index in [1.54, 1.807) is 14.2 Å². The second kappa shape index (κ2) is 12.5. The molecule has 0 saturated carbocycles. The van der Waals surface area contributed by atoms with E-state index in [1.807, 2.05) is 109 Å². The molecule has 0 unspecified atom stereocenters. The first-order valence-corrected chi connectivity index (χ1v) is 13.6. The number of anilines is 1. The Morgan fingerprint density at radius 2 is 1.23 bits per heavy atom. The van der Waals surface area contributed by atoms with Crippen LogP contribution in [-0.4, -0.2) is 20.1 Å². The normalized spacial score (nSPS) is 12.7. The highest BCUT2D eigenvalue weighted by molar-refractivity contribution is 9.10. The van der Waals surface area contributed by atoms with Crippen LogP contribution in [0.3, 0.4) is 0 Å². The molecule has 0 atom stereocenters. The molecular formula is C35H28BrNO3. The lowest BCUT2D eigenvalue weighted by Gasteiger charge is -2.10. The number of hydrogen-bond acceptors (Lipinski definition) is 3. The molecule has 0 aliphatic carbocycles. The molecule has 0 aromatic heterocycles. The zero-order chi connectivity index (χ0) is 27.9. The van der Waals surface area contributed by atoms with Crippen molar-refractivity contribution in [2.45, 2.75) is 0 Å². The number of methoxy groups -OCH3 is 2. The smallest absolute Gasteiger partial charge is 0.256 e. The monoisotopic (exact) mass is 589 g/mol. The van der Waals surface area contributed by atoms with E-state index >= 15 is 0 Å². The lowest BCUT2D eigenvalue weighted by Crippen LogP contribution is -2.03. The number of rotatable bonds is 5. The maximum absolute atomic E-state index is 12.4. The van der Waals surface area contributed by atoms with E-state index in [-0.39, 0.29) is 5.91 Å². The van der Waals surface area contributed by atoms with Gasteiger partial charge in [0.2, 0.25) is 0 Å². The Kier molecular flexibility index (Phi) is 8.43. The third kappa shape index (κ3) is 6.00. The van der Waals surface area contributed by atoms with Gasteiger partial charge in [-0.25, -0.2) is 0 Å². The van der Waals surface area contributed by atoms with E-state index in [1.165, 1.54) is 5.56 Å². The Morgan fingerprint density at radius 3 is 1.90 bits per heavy atom. The van der Waals surface area contributed by atoms with Crippen LogP contribution >= 0.6 is 15.9 Å². The summed E-state index contributed by atoms with van der Waals surface area (Å²) in [6.07, 6.45) is 1.92. The first-order chi connectivity index (χ1) is 19.6. The van der Waals surface area contributed by atoms with Gasteiger partial charge in [-0.3, -0.25) is 4.79 Å². The van der Waals surface area contributed by atoms with Gasteiger partial charge < -0.3 is 14.8 Å². The van der Waals surface area contributed by atoms with Crippen molar-refractivity contribution in [1.29, 1.82) is 0 Å². The van der Waals surface area contributed by atoms with Crippen molar-refractivity contribution in [3.8, 4) is 33.8 Å². The number of carbonyl (C=O) groups is 1. The van der Waals surface area contributed by atoms with Crippen molar-refractivity contribution in [3.63, 3.8) is 0 Å². The molecule has 5 aromatic rings. The topological polar surface area (TPSA) is 47.6 Å². The molecule has 0 spiro atoms. The Bertz CT molecular complexity index is 1660. The number of fused-ring (bicyclic) bond motifs is 1. The summed E-state index contributed by atoms with van der Waals surface area (Å²) < 4.78 is 11.8. The van der Waals surface area contributed by atoms with Crippen LogP contribution in [0.4, 0.5) is 5.69 Å². The predicted octanol–water partition coefficient (Wildman–Crippen LogP) is 8.98. The van der Waals surface area contributed by atoms with Crippen LogP contribution in [0.15, 0.2) is 126 Å². The van der Waals surface area contributed by atoms with Crippen LogP contribution in [0.1, 0.15) is 11.1 Å². The van der Waals surface area contributed by atoms with Crippen LogP contribution in [0, 0.1) is 0 Å². The zero-order valence-corrected chi connectivity index (χ0v) is 23.8. The van der Waals surface area contributed by atoms with Gasteiger partial charge in [-0.05, 0) is 59.2 Å². The average molecular weight is 591 g/mol. The average Bonchev–Trinajstić information content (AvgIpc) is 3.32. The number of halogens is 1. The molecule has 1 aliphatic heterocycles. The molecule has 198 valence electrons. The molecule has 1 N–H and O–H groups in total. The number of hydrogen-bond donors (Lipinski definition) is 1. The molecule has 0 radical (unpaired) electrons. The first kappa shape index (κ1) is 27.0. The largest absolute Gasteiger partial charge is 0.496 e. The van der Waals surface area contributed by atoms with Crippen molar-refractivity contribution in [2.24, 2.45) is 0 Å². The van der Waals surface area contributed by atoms with Crippen molar-refractivity contribution >= 4 is 39.2 Å². The summed E-state index contributed by atoms with van der Waals surface area (Å²) in [5.74, 6) is 1.63. The number of carbonyl (C=O) groups excluding carboxylic acids is 1. The summed E-state index contributed by atoms with van der Waals surface area (Å²) in [6, 6.07) is 40.1. The number of nitrogens with one attached hydrogen (secondary N) is 1. The third-order valence-corrected chi connectivity index (χ3v) is 7.07. The lowest BCUT2D eigenvalue weighted by atomic mass is 9.99. The number of amides is 1. The second-order valence-corrected chi connectivity index (χ2v) is 10.0. The minimum absolute atomic E-state index is 0.0878. The van der Waals surface area contributed by atoms with E-state index in [4.69, 9.17) is 9.47 Å². The molecule has 1 aliphatic rings. The Labute approximate surface area is 243 Å². The SMILES string of the molecule is COc1ccc(C=C2C(=O)Nc3ccc(Br)cc32)cc1-c1ccccc1.COc1ccccc1-c1ccccc1. The standard InChI is InChI=1S/C22H16BrNO2.C13H12O/c1-26-21-10-7-14(11-17(21)15-5-3-2-4-6-15)12-19-18-13-16(23)8-9-20(18)24-22(19)25;1-14-13-10-6-5-9-12(13)11-7-3-2-4-8-11/h2-13H,1H3,(H,24,25);2-10H,1H3. The van der Waals surface area contributed by atoms with Crippen molar-refractivity contribution in [3.05, 3.63) is 137 Å². The summed E-state index contributed by atoms with van der Waals surface area (Å²) in [5, 5.41) is 2.91. The predicted molar refractivity (Wildman–Crippen MR) is 168 cm³/mol. The molecule has 5 aromatic carbocycles. The van der Waals surface area contributed by atoms with Crippen LogP contribution in [-0.2, 0) is 4.79 Å². The molecule has 4 nitrogen and oxygen atoms in total. The summed E-state index contributed by atoms with van der Waals surface area (Å²) >= 11 is 3.48. The molecule has 1 heterocycles. The Balaban J connectivity index is 0.000000194. The fourth-order valence-electron chi connectivity index (χ4n) is 4.63. The highest BCUT2D eigenvalue weighted by atomic mass is 79.9. The van der Waals surface area contributed by atoms with E-state index in [2.05, 4.69) is 39.4 Å².